The number of carboxylic acids is 1. The van der Waals surface area contributed by atoms with E-state index in [0.29, 0.717) is 11.1 Å². The maximum absolute atomic E-state index is 14.0. The summed E-state index contributed by atoms with van der Waals surface area (Å²) >= 11 is 0. The van der Waals surface area contributed by atoms with E-state index >= 15 is 0 Å². The number of hydrogen-bond donors (Lipinski definition) is 2. The summed E-state index contributed by atoms with van der Waals surface area (Å²) in [6.07, 6.45) is 0. The Bertz CT molecular complexity index is 1070. The van der Waals surface area contributed by atoms with Crippen LogP contribution >= 0.6 is 0 Å². The number of aromatic carboxylic acids is 1. The summed E-state index contributed by atoms with van der Waals surface area (Å²) in [5, 5.41) is 9.01. The van der Waals surface area contributed by atoms with E-state index in [0.717, 1.165) is 18.2 Å². The highest BCUT2D eigenvalue weighted by Crippen LogP contribution is 2.29. The van der Waals surface area contributed by atoms with Gasteiger partial charge < -0.3 is 5.11 Å². The lowest BCUT2D eigenvalue weighted by molar-refractivity contribution is 0.0697. The van der Waals surface area contributed by atoms with Crippen molar-refractivity contribution in [3.05, 3.63) is 84.2 Å². The van der Waals surface area contributed by atoms with Crippen molar-refractivity contribution in [1.29, 1.82) is 0 Å². The number of sulfonamides is 1. The van der Waals surface area contributed by atoms with Crippen LogP contribution in [0.3, 0.4) is 0 Å². The third kappa shape index (κ3) is 3.57. The summed E-state index contributed by atoms with van der Waals surface area (Å²) in [7, 11) is -4.14. The maximum atomic E-state index is 14.0. The molecule has 0 spiro atoms. The summed E-state index contributed by atoms with van der Waals surface area (Å²) in [5.74, 6) is -2.15. The second-order valence-corrected chi connectivity index (χ2v) is 7.12. The summed E-state index contributed by atoms with van der Waals surface area (Å²) in [6.45, 7) is 0. The molecular weight excluding hydrogens is 357 g/mol. The van der Waals surface area contributed by atoms with Gasteiger partial charge in [0.25, 0.3) is 10.0 Å². The molecule has 3 rings (SSSR count). The Morgan fingerprint density at radius 1 is 0.923 bits per heavy atom. The number of hydrogen-bond acceptors (Lipinski definition) is 3. The molecule has 5 nitrogen and oxygen atoms in total. The van der Waals surface area contributed by atoms with Crippen LogP contribution in [-0.2, 0) is 10.0 Å². The second kappa shape index (κ2) is 6.97. The third-order valence-electron chi connectivity index (χ3n) is 3.72. The minimum atomic E-state index is -4.14. The van der Waals surface area contributed by atoms with E-state index in [1.54, 1.807) is 42.5 Å². The average molecular weight is 371 g/mol. The molecule has 0 unspecified atom stereocenters. The molecule has 0 fully saturated rings. The SMILES string of the molecule is O=C(O)c1ccc(F)c(NS(=O)(=O)c2ccccc2-c2ccccc2)c1. The van der Waals surface area contributed by atoms with Crippen molar-refractivity contribution in [2.45, 2.75) is 4.90 Å². The van der Waals surface area contributed by atoms with Crippen molar-refractivity contribution >= 4 is 21.7 Å². The van der Waals surface area contributed by atoms with Gasteiger partial charge in [-0.2, -0.15) is 0 Å². The number of carbonyl (C=O) groups is 1. The van der Waals surface area contributed by atoms with Crippen molar-refractivity contribution in [3.8, 4) is 11.1 Å². The Hall–Kier alpha value is -3.19. The Balaban J connectivity index is 2.06. The van der Waals surface area contributed by atoms with Crippen LogP contribution in [0.1, 0.15) is 10.4 Å². The molecule has 0 heterocycles. The van der Waals surface area contributed by atoms with Crippen LogP contribution in [0.25, 0.3) is 11.1 Å². The molecule has 0 atom stereocenters. The minimum Gasteiger partial charge on any atom is -0.478 e. The van der Waals surface area contributed by atoms with E-state index in [2.05, 4.69) is 4.72 Å². The molecule has 132 valence electrons. The second-order valence-electron chi connectivity index (χ2n) is 5.47. The molecule has 3 aromatic carbocycles. The van der Waals surface area contributed by atoms with Gasteiger partial charge in [0.05, 0.1) is 16.1 Å². The first-order valence-corrected chi connectivity index (χ1v) is 9.07. The fourth-order valence-electron chi connectivity index (χ4n) is 2.49. The number of halogens is 1. The lowest BCUT2D eigenvalue weighted by Crippen LogP contribution is -2.15. The molecule has 0 aliphatic rings. The molecule has 0 amide bonds. The van der Waals surface area contributed by atoms with Crippen molar-refractivity contribution in [3.63, 3.8) is 0 Å². The van der Waals surface area contributed by atoms with E-state index in [-0.39, 0.29) is 10.5 Å². The first kappa shape index (κ1) is 17.6. The van der Waals surface area contributed by atoms with Gasteiger partial charge in [0.2, 0.25) is 0 Å². The number of benzene rings is 3. The number of nitrogens with one attached hydrogen (secondary N) is 1. The fraction of sp³-hybridized carbons (Fsp3) is 0. The lowest BCUT2D eigenvalue weighted by Gasteiger charge is -2.13. The first-order valence-electron chi connectivity index (χ1n) is 7.58. The van der Waals surface area contributed by atoms with Crippen molar-refractivity contribution in [2.75, 3.05) is 4.72 Å². The van der Waals surface area contributed by atoms with E-state index in [4.69, 9.17) is 5.11 Å². The Kier molecular flexibility index (Phi) is 4.73. The van der Waals surface area contributed by atoms with Crippen LogP contribution in [0.5, 0.6) is 0 Å². The smallest absolute Gasteiger partial charge is 0.335 e. The van der Waals surface area contributed by atoms with Crippen LogP contribution < -0.4 is 4.72 Å². The zero-order chi connectivity index (χ0) is 18.7. The number of anilines is 1. The maximum Gasteiger partial charge on any atom is 0.335 e. The first-order chi connectivity index (χ1) is 12.4. The monoisotopic (exact) mass is 371 g/mol. The molecule has 0 bridgehead atoms. The van der Waals surface area contributed by atoms with Crippen LogP contribution in [0.2, 0.25) is 0 Å². The highest BCUT2D eigenvalue weighted by atomic mass is 32.2. The Morgan fingerprint density at radius 3 is 2.27 bits per heavy atom. The van der Waals surface area contributed by atoms with E-state index in [1.807, 2.05) is 6.07 Å². The van der Waals surface area contributed by atoms with Crippen LogP contribution in [-0.4, -0.2) is 19.5 Å². The summed E-state index contributed by atoms with van der Waals surface area (Å²) in [6, 6.07) is 18.1. The fourth-order valence-corrected chi connectivity index (χ4v) is 3.78. The topological polar surface area (TPSA) is 83.5 Å². The number of rotatable bonds is 5. The highest BCUT2D eigenvalue weighted by molar-refractivity contribution is 7.92. The molecule has 0 saturated carbocycles. The van der Waals surface area contributed by atoms with Gasteiger partial charge in [-0.15, -0.1) is 0 Å². The molecule has 26 heavy (non-hydrogen) atoms. The summed E-state index contributed by atoms with van der Waals surface area (Å²) in [4.78, 5) is 11.0. The van der Waals surface area contributed by atoms with Gasteiger partial charge in [-0.25, -0.2) is 17.6 Å². The van der Waals surface area contributed by atoms with Gasteiger partial charge in [-0.05, 0) is 29.8 Å². The molecule has 2 N–H and O–H groups in total. The normalized spacial score (nSPS) is 11.1. The molecule has 0 aliphatic heterocycles. The van der Waals surface area contributed by atoms with Crippen molar-refractivity contribution < 1.29 is 22.7 Å². The van der Waals surface area contributed by atoms with E-state index < -0.39 is 27.5 Å². The average Bonchev–Trinajstić information content (AvgIpc) is 2.64. The van der Waals surface area contributed by atoms with Crippen LogP contribution in [0, 0.1) is 5.82 Å². The van der Waals surface area contributed by atoms with Gasteiger partial charge in [0.15, 0.2) is 0 Å². The van der Waals surface area contributed by atoms with E-state index in [1.165, 1.54) is 6.07 Å². The minimum absolute atomic E-state index is 0.0358. The molecule has 7 heteroatoms. The largest absolute Gasteiger partial charge is 0.478 e. The molecular formula is C19H14FNO4S. The van der Waals surface area contributed by atoms with Crippen molar-refractivity contribution in [2.24, 2.45) is 0 Å². The lowest BCUT2D eigenvalue weighted by atomic mass is 10.1. The van der Waals surface area contributed by atoms with Gasteiger partial charge in [-0.1, -0.05) is 48.5 Å². The van der Waals surface area contributed by atoms with Crippen molar-refractivity contribution in [1.82, 2.24) is 0 Å². The molecule has 0 radical (unpaired) electrons. The standard InChI is InChI=1S/C19H14FNO4S/c20-16-11-10-14(19(22)23)12-17(16)21-26(24,25)18-9-5-4-8-15(18)13-6-2-1-3-7-13/h1-12,21H,(H,22,23). The van der Waals surface area contributed by atoms with E-state index in [9.17, 15) is 17.6 Å². The molecule has 0 saturated heterocycles. The van der Waals surface area contributed by atoms with Crippen LogP contribution in [0.4, 0.5) is 10.1 Å². The van der Waals surface area contributed by atoms with Gasteiger partial charge in [0.1, 0.15) is 5.82 Å². The highest BCUT2D eigenvalue weighted by Gasteiger charge is 2.21. The quantitative estimate of drug-likeness (QED) is 0.710. The molecule has 0 aliphatic carbocycles. The predicted octanol–water partition coefficient (Wildman–Crippen LogP) is 3.99. The van der Waals surface area contributed by atoms with Gasteiger partial charge >= 0.3 is 5.97 Å². The molecule has 3 aromatic rings. The Morgan fingerprint density at radius 2 is 1.58 bits per heavy atom. The zero-order valence-electron chi connectivity index (χ0n) is 13.4. The third-order valence-corrected chi connectivity index (χ3v) is 5.14. The zero-order valence-corrected chi connectivity index (χ0v) is 14.2. The number of carboxylic acid groups (broad SMARTS) is 1. The summed E-state index contributed by atoms with van der Waals surface area (Å²) < 4.78 is 41.7. The molecule has 0 aromatic heterocycles. The summed E-state index contributed by atoms with van der Waals surface area (Å²) in [5.41, 5.74) is 0.497. The van der Waals surface area contributed by atoms with Gasteiger partial charge in [-0.3, -0.25) is 4.72 Å². The van der Waals surface area contributed by atoms with Crippen LogP contribution in [0.15, 0.2) is 77.7 Å². The van der Waals surface area contributed by atoms with Gasteiger partial charge in [0, 0.05) is 5.56 Å². The Labute approximate surface area is 149 Å². The predicted molar refractivity (Wildman–Crippen MR) is 96.0 cm³/mol.